The van der Waals surface area contributed by atoms with Crippen molar-refractivity contribution in [2.24, 2.45) is 0 Å². The number of fused-ring (bicyclic) bond motifs is 6. The minimum absolute atomic E-state index is 0.0924. The molecule has 1 aliphatic heterocycles. The molecule has 4 heteroatoms. The number of hydrogen-bond donors (Lipinski definition) is 1. The zero-order valence-electron chi connectivity index (χ0n) is 16.6. The molecule has 1 amide bonds. The van der Waals surface area contributed by atoms with Gasteiger partial charge in [0.15, 0.2) is 0 Å². The summed E-state index contributed by atoms with van der Waals surface area (Å²) < 4.78 is 5.84. The number of carbonyl (C=O) groups excluding carboxylic acids is 1. The molecule has 0 saturated heterocycles. The summed E-state index contributed by atoms with van der Waals surface area (Å²) in [5, 5.41) is 1.26. The SMILES string of the molecule is O=C(OCC1c2ccccc2-c2ccccc21)N1CCc2c([nH]c3ccccc23)C1. The number of nitrogens with zero attached hydrogens (tertiary/aromatic N) is 1. The molecular formula is C26H22N2O2. The van der Waals surface area contributed by atoms with Crippen LogP contribution in [0.2, 0.25) is 0 Å². The molecule has 1 aromatic heterocycles. The Morgan fingerprint density at radius 3 is 2.37 bits per heavy atom. The average molecular weight is 394 g/mol. The van der Waals surface area contributed by atoms with Gasteiger partial charge < -0.3 is 14.6 Å². The van der Waals surface area contributed by atoms with Crippen LogP contribution in [0.1, 0.15) is 28.3 Å². The van der Waals surface area contributed by atoms with Gasteiger partial charge >= 0.3 is 6.09 Å². The average Bonchev–Trinajstić information content (AvgIpc) is 3.32. The van der Waals surface area contributed by atoms with Gasteiger partial charge in [0.05, 0.1) is 6.54 Å². The maximum Gasteiger partial charge on any atom is 0.410 e. The van der Waals surface area contributed by atoms with E-state index in [1.807, 2.05) is 11.0 Å². The van der Waals surface area contributed by atoms with Crippen molar-refractivity contribution >= 4 is 17.0 Å². The number of benzene rings is 3. The molecule has 0 atom stereocenters. The lowest BCUT2D eigenvalue weighted by molar-refractivity contribution is 0.0950. The van der Waals surface area contributed by atoms with Crippen LogP contribution < -0.4 is 0 Å². The smallest absolute Gasteiger partial charge is 0.410 e. The third kappa shape index (κ3) is 2.64. The summed E-state index contributed by atoms with van der Waals surface area (Å²) in [5.74, 6) is 0.0924. The molecule has 0 fully saturated rings. The second kappa shape index (κ2) is 6.77. The molecule has 3 aromatic carbocycles. The minimum atomic E-state index is -0.235. The zero-order chi connectivity index (χ0) is 20.1. The molecular weight excluding hydrogens is 372 g/mol. The van der Waals surface area contributed by atoms with Gasteiger partial charge in [0.2, 0.25) is 0 Å². The van der Waals surface area contributed by atoms with Crippen LogP contribution in [0.15, 0.2) is 72.8 Å². The van der Waals surface area contributed by atoms with Gasteiger partial charge in [0.25, 0.3) is 0 Å². The van der Waals surface area contributed by atoms with E-state index in [2.05, 4.69) is 71.7 Å². The first kappa shape index (κ1) is 17.3. The maximum absolute atomic E-state index is 12.9. The molecule has 4 nitrogen and oxygen atoms in total. The Hall–Kier alpha value is -3.53. The normalized spacial score (nSPS) is 15.0. The molecule has 30 heavy (non-hydrogen) atoms. The van der Waals surface area contributed by atoms with Crippen LogP contribution in [0, 0.1) is 0 Å². The van der Waals surface area contributed by atoms with E-state index in [1.165, 1.54) is 33.2 Å². The van der Waals surface area contributed by atoms with Crippen LogP contribution >= 0.6 is 0 Å². The van der Waals surface area contributed by atoms with Gasteiger partial charge in [-0.1, -0.05) is 66.7 Å². The number of rotatable bonds is 2. The number of ether oxygens (including phenoxy) is 1. The van der Waals surface area contributed by atoms with E-state index in [0.717, 1.165) is 17.6 Å². The monoisotopic (exact) mass is 394 g/mol. The number of H-pyrrole nitrogens is 1. The molecule has 0 radical (unpaired) electrons. The number of hydrogen-bond acceptors (Lipinski definition) is 2. The minimum Gasteiger partial charge on any atom is -0.448 e. The van der Waals surface area contributed by atoms with E-state index in [4.69, 9.17) is 4.74 Å². The second-order valence-corrected chi connectivity index (χ2v) is 8.10. The number of para-hydroxylation sites is 1. The largest absolute Gasteiger partial charge is 0.448 e. The summed E-state index contributed by atoms with van der Waals surface area (Å²) in [4.78, 5) is 18.2. The van der Waals surface area contributed by atoms with Gasteiger partial charge in [-0.25, -0.2) is 4.79 Å². The molecule has 4 aromatic rings. The summed E-state index contributed by atoms with van der Waals surface area (Å²) in [6.07, 6.45) is 0.616. The highest BCUT2D eigenvalue weighted by molar-refractivity contribution is 5.85. The van der Waals surface area contributed by atoms with Gasteiger partial charge in [-0.05, 0) is 40.3 Å². The van der Waals surface area contributed by atoms with Crippen molar-refractivity contribution < 1.29 is 9.53 Å². The summed E-state index contributed by atoms with van der Waals surface area (Å²) in [5.41, 5.74) is 8.55. The molecule has 6 rings (SSSR count). The molecule has 0 unspecified atom stereocenters. The molecule has 2 heterocycles. The van der Waals surface area contributed by atoms with Gasteiger partial charge in [0.1, 0.15) is 6.61 Å². The lowest BCUT2D eigenvalue weighted by Crippen LogP contribution is -2.36. The van der Waals surface area contributed by atoms with Crippen LogP contribution in [-0.2, 0) is 17.7 Å². The lowest BCUT2D eigenvalue weighted by Gasteiger charge is -2.27. The quantitative estimate of drug-likeness (QED) is 0.490. The Labute approximate surface area is 175 Å². The fourth-order valence-electron chi connectivity index (χ4n) is 5.03. The Kier molecular flexibility index (Phi) is 3.91. The third-order valence-corrected chi connectivity index (χ3v) is 6.48. The Bertz CT molecular complexity index is 1230. The van der Waals surface area contributed by atoms with Crippen molar-refractivity contribution in [2.45, 2.75) is 18.9 Å². The fraction of sp³-hybridized carbons (Fsp3) is 0.192. The van der Waals surface area contributed by atoms with Crippen molar-refractivity contribution in [1.29, 1.82) is 0 Å². The first-order valence-corrected chi connectivity index (χ1v) is 10.5. The van der Waals surface area contributed by atoms with Gasteiger partial charge in [-0.3, -0.25) is 0 Å². The topological polar surface area (TPSA) is 45.3 Å². The molecule has 1 N–H and O–H groups in total. The molecule has 148 valence electrons. The van der Waals surface area contributed by atoms with Gasteiger partial charge in [-0.2, -0.15) is 0 Å². The van der Waals surface area contributed by atoms with Crippen molar-refractivity contribution in [2.75, 3.05) is 13.2 Å². The van der Waals surface area contributed by atoms with Crippen LogP contribution in [0.4, 0.5) is 4.79 Å². The Morgan fingerprint density at radius 2 is 1.60 bits per heavy atom. The third-order valence-electron chi connectivity index (χ3n) is 6.48. The van der Waals surface area contributed by atoms with E-state index in [-0.39, 0.29) is 12.0 Å². The first-order valence-electron chi connectivity index (χ1n) is 10.5. The predicted octanol–water partition coefficient (Wildman–Crippen LogP) is 5.48. The zero-order valence-corrected chi connectivity index (χ0v) is 16.6. The first-order chi connectivity index (χ1) is 14.8. The Balaban J connectivity index is 1.20. The van der Waals surface area contributed by atoms with Crippen LogP contribution in [0.5, 0.6) is 0 Å². The summed E-state index contributed by atoms with van der Waals surface area (Å²) in [6.45, 7) is 1.62. The molecule has 0 saturated carbocycles. The summed E-state index contributed by atoms with van der Waals surface area (Å²) in [7, 11) is 0. The van der Waals surface area contributed by atoms with E-state index < -0.39 is 0 Å². The van der Waals surface area contributed by atoms with E-state index in [1.54, 1.807) is 0 Å². The summed E-state index contributed by atoms with van der Waals surface area (Å²) in [6, 6.07) is 25.2. The van der Waals surface area contributed by atoms with E-state index >= 15 is 0 Å². The standard InChI is InChI=1S/C26H22N2O2/c29-26(28-14-13-22-21-11-5-6-12-24(21)27-25(22)15-28)30-16-23-19-9-3-1-7-17(19)18-8-2-4-10-20(18)23/h1-12,23,27H,13-16H2. The van der Waals surface area contributed by atoms with Gasteiger partial charge in [-0.15, -0.1) is 0 Å². The predicted molar refractivity (Wildman–Crippen MR) is 117 cm³/mol. The van der Waals surface area contributed by atoms with Crippen LogP contribution in [0.25, 0.3) is 22.0 Å². The molecule has 0 bridgehead atoms. The van der Waals surface area contributed by atoms with E-state index in [9.17, 15) is 4.79 Å². The number of carbonyl (C=O) groups is 1. The lowest BCUT2D eigenvalue weighted by atomic mass is 9.98. The highest BCUT2D eigenvalue weighted by atomic mass is 16.6. The molecule has 1 aliphatic carbocycles. The fourth-order valence-corrected chi connectivity index (χ4v) is 5.03. The van der Waals surface area contributed by atoms with E-state index in [0.29, 0.717) is 19.7 Å². The Morgan fingerprint density at radius 1 is 0.933 bits per heavy atom. The number of aromatic amines is 1. The number of amides is 1. The molecule has 0 spiro atoms. The van der Waals surface area contributed by atoms with Crippen molar-refractivity contribution in [1.82, 2.24) is 9.88 Å². The molecule has 2 aliphatic rings. The highest BCUT2D eigenvalue weighted by Gasteiger charge is 2.30. The van der Waals surface area contributed by atoms with Crippen molar-refractivity contribution in [3.8, 4) is 11.1 Å². The highest BCUT2D eigenvalue weighted by Crippen LogP contribution is 2.44. The second-order valence-electron chi connectivity index (χ2n) is 8.10. The maximum atomic E-state index is 12.9. The van der Waals surface area contributed by atoms with Gasteiger partial charge in [0, 0.05) is 29.1 Å². The van der Waals surface area contributed by atoms with Crippen molar-refractivity contribution in [3.05, 3.63) is 95.2 Å². The van der Waals surface area contributed by atoms with Crippen LogP contribution in [0.3, 0.4) is 0 Å². The number of aromatic nitrogens is 1. The number of nitrogens with one attached hydrogen (secondary N) is 1. The summed E-state index contributed by atoms with van der Waals surface area (Å²) >= 11 is 0. The van der Waals surface area contributed by atoms with Crippen molar-refractivity contribution in [3.63, 3.8) is 0 Å². The van der Waals surface area contributed by atoms with Crippen LogP contribution in [-0.4, -0.2) is 29.1 Å².